The largest absolute Gasteiger partial charge is 0.370 e. The highest BCUT2D eigenvalue weighted by atomic mass is 35.5. The van der Waals surface area contributed by atoms with Crippen LogP contribution in [0.4, 0.5) is 11.8 Å². The molecule has 5 heteroatoms. The summed E-state index contributed by atoms with van der Waals surface area (Å²) in [5.74, 6) is 1.48. The lowest BCUT2D eigenvalue weighted by Crippen LogP contribution is -2.07. The van der Waals surface area contributed by atoms with Crippen molar-refractivity contribution in [1.82, 2.24) is 9.97 Å². The molecule has 0 spiro atoms. The highest BCUT2D eigenvalue weighted by Crippen LogP contribution is 2.11. The van der Waals surface area contributed by atoms with Crippen LogP contribution in [-0.2, 0) is 6.54 Å². The number of halogens is 1. The van der Waals surface area contributed by atoms with Crippen molar-refractivity contribution in [2.75, 3.05) is 17.2 Å². The number of hydrogen-bond acceptors (Lipinski definition) is 4. The van der Waals surface area contributed by atoms with Crippen molar-refractivity contribution < 1.29 is 0 Å². The summed E-state index contributed by atoms with van der Waals surface area (Å²) >= 11 is 5.86. The molecular weight excluding hydrogens is 272 g/mol. The lowest BCUT2D eigenvalue weighted by molar-refractivity contribution is 0.830. The summed E-state index contributed by atoms with van der Waals surface area (Å²) < 4.78 is 0. The Balaban J connectivity index is 1.89. The Morgan fingerprint density at radius 3 is 2.65 bits per heavy atom. The van der Waals surface area contributed by atoms with Crippen LogP contribution in [0.25, 0.3) is 0 Å². The average molecular weight is 291 g/mol. The monoisotopic (exact) mass is 290 g/mol. The molecule has 2 N–H and O–H groups in total. The van der Waals surface area contributed by atoms with Crippen molar-refractivity contribution in [2.45, 2.75) is 26.3 Å². The smallest absolute Gasteiger partial charge is 0.224 e. The van der Waals surface area contributed by atoms with Crippen LogP contribution < -0.4 is 10.6 Å². The van der Waals surface area contributed by atoms with E-state index < -0.39 is 0 Å². The van der Waals surface area contributed by atoms with Gasteiger partial charge in [0.1, 0.15) is 5.82 Å². The first-order valence-electron chi connectivity index (χ1n) is 6.83. The maximum Gasteiger partial charge on any atom is 0.224 e. The Morgan fingerprint density at radius 1 is 1.10 bits per heavy atom. The van der Waals surface area contributed by atoms with Crippen LogP contribution in [0.3, 0.4) is 0 Å². The van der Waals surface area contributed by atoms with Gasteiger partial charge in [-0.05, 0) is 30.2 Å². The molecule has 1 aromatic heterocycles. The summed E-state index contributed by atoms with van der Waals surface area (Å²) in [4.78, 5) is 8.63. The number of aromatic nitrogens is 2. The summed E-state index contributed by atoms with van der Waals surface area (Å²) in [6.07, 6.45) is 4.06. The average Bonchev–Trinajstić information content (AvgIpc) is 2.47. The Labute approximate surface area is 124 Å². The molecule has 4 nitrogen and oxygen atoms in total. The van der Waals surface area contributed by atoms with Crippen molar-refractivity contribution in [1.29, 1.82) is 0 Å². The molecule has 20 heavy (non-hydrogen) atoms. The van der Waals surface area contributed by atoms with Crippen LogP contribution in [0.15, 0.2) is 36.5 Å². The number of rotatable bonds is 7. The van der Waals surface area contributed by atoms with Crippen LogP contribution in [0.2, 0.25) is 5.02 Å². The van der Waals surface area contributed by atoms with Crippen LogP contribution in [0, 0.1) is 0 Å². The van der Waals surface area contributed by atoms with Crippen LogP contribution >= 0.6 is 11.6 Å². The first-order valence-corrected chi connectivity index (χ1v) is 7.21. The molecule has 0 bridgehead atoms. The molecule has 0 aliphatic carbocycles. The fraction of sp³-hybridized carbons (Fsp3) is 0.333. The molecule has 0 aliphatic rings. The third-order valence-corrected chi connectivity index (χ3v) is 3.11. The second kappa shape index (κ2) is 7.70. The first-order chi connectivity index (χ1) is 9.78. The summed E-state index contributed by atoms with van der Waals surface area (Å²) in [5, 5.41) is 7.23. The van der Waals surface area contributed by atoms with Crippen LogP contribution in [0.1, 0.15) is 25.3 Å². The summed E-state index contributed by atoms with van der Waals surface area (Å²) in [7, 11) is 0. The second-order valence-corrected chi connectivity index (χ2v) is 4.96. The minimum atomic E-state index is 0.626. The third kappa shape index (κ3) is 4.70. The topological polar surface area (TPSA) is 49.8 Å². The molecule has 0 saturated heterocycles. The summed E-state index contributed by atoms with van der Waals surface area (Å²) in [6, 6.07) is 9.60. The molecule has 0 saturated carbocycles. The quantitative estimate of drug-likeness (QED) is 0.758. The SMILES string of the molecule is CCCCNc1ccnc(NCc2ccc(Cl)cc2)n1. The first kappa shape index (κ1) is 14.6. The van der Waals surface area contributed by atoms with Gasteiger partial charge in [-0.3, -0.25) is 0 Å². The minimum absolute atomic E-state index is 0.626. The number of hydrogen-bond donors (Lipinski definition) is 2. The molecule has 0 amide bonds. The molecule has 0 fully saturated rings. The van der Waals surface area contributed by atoms with Crippen molar-refractivity contribution in [2.24, 2.45) is 0 Å². The van der Waals surface area contributed by atoms with E-state index in [0.717, 1.165) is 29.4 Å². The van der Waals surface area contributed by atoms with Gasteiger partial charge >= 0.3 is 0 Å². The number of nitrogens with zero attached hydrogens (tertiary/aromatic N) is 2. The molecule has 1 heterocycles. The molecule has 0 unspecified atom stereocenters. The van der Waals surface area contributed by atoms with E-state index in [1.54, 1.807) is 6.20 Å². The number of benzene rings is 1. The zero-order chi connectivity index (χ0) is 14.2. The highest BCUT2D eigenvalue weighted by Gasteiger charge is 1.99. The fourth-order valence-electron chi connectivity index (χ4n) is 1.72. The van der Waals surface area contributed by atoms with Gasteiger partial charge in [-0.2, -0.15) is 4.98 Å². The standard InChI is InChI=1S/C15H19ClN4/c1-2-3-9-17-14-8-10-18-15(20-14)19-11-12-4-6-13(16)7-5-12/h4-8,10H,2-3,9,11H2,1H3,(H2,17,18,19,20). The van der Waals surface area contributed by atoms with Crippen molar-refractivity contribution in [3.8, 4) is 0 Å². The van der Waals surface area contributed by atoms with E-state index >= 15 is 0 Å². The van der Waals surface area contributed by atoms with Crippen molar-refractivity contribution in [3.05, 3.63) is 47.1 Å². The predicted octanol–water partition coefficient (Wildman–Crippen LogP) is 3.95. The van der Waals surface area contributed by atoms with Crippen molar-refractivity contribution in [3.63, 3.8) is 0 Å². The normalized spacial score (nSPS) is 10.3. The number of unbranched alkanes of at least 4 members (excludes halogenated alkanes) is 1. The van der Waals surface area contributed by atoms with E-state index in [2.05, 4.69) is 27.5 Å². The third-order valence-electron chi connectivity index (χ3n) is 2.86. The maximum absolute atomic E-state index is 5.86. The van der Waals surface area contributed by atoms with E-state index in [0.29, 0.717) is 12.5 Å². The summed E-state index contributed by atoms with van der Waals surface area (Å²) in [6.45, 7) is 3.78. The molecular formula is C15H19ClN4. The zero-order valence-electron chi connectivity index (χ0n) is 11.6. The van der Waals surface area contributed by atoms with E-state index in [1.165, 1.54) is 6.42 Å². The molecule has 0 aliphatic heterocycles. The highest BCUT2D eigenvalue weighted by molar-refractivity contribution is 6.30. The summed E-state index contributed by atoms with van der Waals surface area (Å²) in [5.41, 5.74) is 1.14. The van der Waals surface area contributed by atoms with Crippen molar-refractivity contribution >= 4 is 23.4 Å². The second-order valence-electron chi connectivity index (χ2n) is 4.53. The Bertz CT molecular complexity index is 528. The lowest BCUT2D eigenvalue weighted by atomic mass is 10.2. The maximum atomic E-state index is 5.86. The van der Waals surface area contributed by atoms with Gasteiger partial charge in [0.05, 0.1) is 0 Å². The van der Waals surface area contributed by atoms with Crippen LogP contribution in [-0.4, -0.2) is 16.5 Å². The lowest BCUT2D eigenvalue weighted by Gasteiger charge is -2.08. The fourth-order valence-corrected chi connectivity index (χ4v) is 1.84. The van der Waals surface area contributed by atoms with E-state index in [4.69, 9.17) is 11.6 Å². The van der Waals surface area contributed by atoms with Gasteiger partial charge in [-0.15, -0.1) is 0 Å². The Morgan fingerprint density at radius 2 is 1.90 bits per heavy atom. The van der Waals surface area contributed by atoms with Gasteiger partial charge in [-0.25, -0.2) is 4.98 Å². The van der Waals surface area contributed by atoms with E-state index in [-0.39, 0.29) is 0 Å². The number of nitrogens with one attached hydrogen (secondary N) is 2. The molecule has 1 aromatic carbocycles. The van der Waals surface area contributed by atoms with E-state index in [1.807, 2.05) is 30.3 Å². The Hall–Kier alpha value is -1.81. The van der Waals surface area contributed by atoms with Gasteiger partial charge in [0.15, 0.2) is 0 Å². The molecule has 0 radical (unpaired) electrons. The minimum Gasteiger partial charge on any atom is -0.370 e. The van der Waals surface area contributed by atoms with Gasteiger partial charge < -0.3 is 10.6 Å². The molecule has 2 rings (SSSR count). The molecule has 106 valence electrons. The van der Waals surface area contributed by atoms with Crippen LogP contribution in [0.5, 0.6) is 0 Å². The predicted molar refractivity (Wildman–Crippen MR) is 84.2 cm³/mol. The molecule has 2 aromatic rings. The van der Waals surface area contributed by atoms with E-state index in [9.17, 15) is 0 Å². The number of anilines is 2. The zero-order valence-corrected chi connectivity index (χ0v) is 12.3. The van der Waals surface area contributed by atoms with Gasteiger partial charge in [-0.1, -0.05) is 37.1 Å². The molecule has 0 atom stereocenters. The van der Waals surface area contributed by atoms with Gasteiger partial charge in [0.25, 0.3) is 0 Å². The van der Waals surface area contributed by atoms with Gasteiger partial charge in [0.2, 0.25) is 5.95 Å². The van der Waals surface area contributed by atoms with Gasteiger partial charge in [0, 0.05) is 24.3 Å². The Kier molecular flexibility index (Phi) is 5.62.